The number of anilines is 1. The average Bonchev–Trinajstić information content (AvgIpc) is 2.55. The van der Waals surface area contributed by atoms with Crippen LogP contribution in [-0.2, 0) is 6.54 Å². The Labute approximate surface area is 89.6 Å². The molecule has 0 amide bonds. The number of benzene rings is 1. The van der Waals surface area contributed by atoms with E-state index in [1.165, 1.54) is 0 Å². The minimum absolute atomic E-state index is 0.751. The van der Waals surface area contributed by atoms with Gasteiger partial charge in [0.1, 0.15) is 17.3 Å². The van der Waals surface area contributed by atoms with Gasteiger partial charge in [0.2, 0.25) is 0 Å². The second-order valence-corrected chi connectivity index (χ2v) is 3.50. The maximum Gasteiger partial charge on any atom is 0.131 e. The highest BCUT2D eigenvalue weighted by atomic mass is 15.1. The van der Waals surface area contributed by atoms with Crippen molar-refractivity contribution in [2.75, 3.05) is 5.73 Å². The van der Waals surface area contributed by atoms with Gasteiger partial charge in [0, 0.05) is 12.1 Å². The molecule has 0 saturated carbocycles. The largest absolute Gasteiger partial charge is 0.383 e. The van der Waals surface area contributed by atoms with Crippen LogP contribution in [0.15, 0.2) is 30.3 Å². The second kappa shape index (κ2) is 3.77. The fraction of sp³-hybridized carbons (Fsp3) is 0.250. The van der Waals surface area contributed by atoms with Gasteiger partial charge in [0.05, 0.1) is 0 Å². The van der Waals surface area contributed by atoms with Crippen LogP contribution in [0.3, 0.4) is 0 Å². The fourth-order valence-electron chi connectivity index (χ4n) is 1.79. The van der Waals surface area contributed by atoms with Crippen molar-refractivity contribution < 1.29 is 0 Å². The van der Waals surface area contributed by atoms with Crippen molar-refractivity contribution in [2.45, 2.75) is 20.4 Å². The van der Waals surface area contributed by atoms with E-state index in [1.54, 1.807) is 0 Å². The molecule has 0 spiro atoms. The van der Waals surface area contributed by atoms with Crippen LogP contribution >= 0.6 is 0 Å². The average molecular weight is 201 g/mol. The van der Waals surface area contributed by atoms with Crippen LogP contribution in [0.1, 0.15) is 12.7 Å². The first-order valence-corrected chi connectivity index (χ1v) is 5.12. The number of nitrogens with zero attached hydrogens (tertiary/aromatic N) is 2. The summed E-state index contributed by atoms with van der Waals surface area (Å²) in [4.78, 5) is 4.49. The number of nitrogen functional groups attached to an aromatic ring is 1. The molecule has 3 heteroatoms. The van der Waals surface area contributed by atoms with Crippen molar-refractivity contribution >= 4 is 5.82 Å². The predicted octanol–water partition coefficient (Wildman–Crippen LogP) is 2.46. The van der Waals surface area contributed by atoms with Crippen molar-refractivity contribution in [3.63, 3.8) is 0 Å². The van der Waals surface area contributed by atoms with Gasteiger partial charge in [-0.1, -0.05) is 30.3 Å². The number of imidazole rings is 1. The predicted molar refractivity (Wildman–Crippen MR) is 62.5 cm³/mol. The van der Waals surface area contributed by atoms with E-state index in [4.69, 9.17) is 5.73 Å². The molecule has 0 bridgehead atoms. The zero-order valence-corrected chi connectivity index (χ0v) is 9.07. The first kappa shape index (κ1) is 9.77. The van der Waals surface area contributed by atoms with E-state index in [2.05, 4.69) is 11.9 Å². The van der Waals surface area contributed by atoms with Crippen molar-refractivity contribution in [2.24, 2.45) is 0 Å². The van der Waals surface area contributed by atoms with Crippen LogP contribution < -0.4 is 5.73 Å². The van der Waals surface area contributed by atoms with Gasteiger partial charge < -0.3 is 10.3 Å². The number of aryl methyl sites for hydroxylation is 1. The molecule has 0 atom stereocenters. The Balaban J connectivity index is 2.55. The van der Waals surface area contributed by atoms with Gasteiger partial charge in [0.25, 0.3) is 0 Å². The molecule has 3 nitrogen and oxygen atoms in total. The molecule has 0 saturated heterocycles. The van der Waals surface area contributed by atoms with E-state index in [9.17, 15) is 0 Å². The number of aromatic nitrogens is 2. The topological polar surface area (TPSA) is 43.8 Å². The van der Waals surface area contributed by atoms with Crippen LogP contribution in [0.5, 0.6) is 0 Å². The molecule has 2 rings (SSSR count). The molecule has 1 aromatic heterocycles. The Hall–Kier alpha value is -1.77. The normalized spacial score (nSPS) is 10.5. The van der Waals surface area contributed by atoms with Crippen LogP contribution in [0.25, 0.3) is 11.3 Å². The summed E-state index contributed by atoms with van der Waals surface area (Å²) in [5.41, 5.74) is 8.01. The maximum absolute atomic E-state index is 6.05. The molecule has 0 fully saturated rings. The van der Waals surface area contributed by atoms with Gasteiger partial charge in [-0.05, 0) is 13.8 Å². The molecule has 2 N–H and O–H groups in total. The standard InChI is InChI=1S/C12H15N3/c1-3-15-9(2)14-11(12(15)13)10-7-5-4-6-8-10/h4-8H,3,13H2,1-2H3. The van der Waals surface area contributed by atoms with Gasteiger partial charge in [-0.3, -0.25) is 0 Å². The summed E-state index contributed by atoms with van der Waals surface area (Å²) in [7, 11) is 0. The van der Waals surface area contributed by atoms with Gasteiger partial charge in [-0.15, -0.1) is 0 Å². The lowest BCUT2D eigenvalue weighted by Gasteiger charge is -2.03. The second-order valence-electron chi connectivity index (χ2n) is 3.50. The van der Waals surface area contributed by atoms with E-state index in [1.807, 2.05) is 41.8 Å². The minimum Gasteiger partial charge on any atom is -0.383 e. The minimum atomic E-state index is 0.751. The van der Waals surface area contributed by atoms with Crippen LogP contribution in [0, 0.1) is 6.92 Å². The first-order chi connectivity index (χ1) is 7.24. The molecule has 1 aromatic carbocycles. The Bertz CT molecular complexity index is 457. The lowest BCUT2D eigenvalue weighted by molar-refractivity contribution is 0.739. The molecule has 0 aliphatic heterocycles. The molecule has 0 aliphatic rings. The smallest absolute Gasteiger partial charge is 0.131 e. The molecule has 0 unspecified atom stereocenters. The summed E-state index contributed by atoms with van der Waals surface area (Å²) in [6.07, 6.45) is 0. The monoisotopic (exact) mass is 201 g/mol. The van der Waals surface area contributed by atoms with Crippen LogP contribution in [0.2, 0.25) is 0 Å². The number of rotatable bonds is 2. The molecule has 0 radical (unpaired) electrons. The van der Waals surface area contributed by atoms with Crippen LogP contribution in [-0.4, -0.2) is 9.55 Å². The fourth-order valence-corrected chi connectivity index (χ4v) is 1.79. The first-order valence-electron chi connectivity index (χ1n) is 5.12. The van der Waals surface area contributed by atoms with Crippen molar-refractivity contribution in [3.8, 4) is 11.3 Å². The maximum atomic E-state index is 6.05. The van der Waals surface area contributed by atoms with Crippen molar-refractivity contribution in [3.05, 3.63) is 36.2 Å². The molecule has 1 heterocycles. The van der Waals surface area contributed by atoms with E-state index >= 15 is 0 Å². The summed E-state index contributed by atoms with van der Waals surface area (Å²) < 4.78 is 2.02. The van der Waals surface area contributed by atoms with Crippen molar-refractivity contribution in [1.29, 1.82) is 0 Å². The molecular weight excluding hydrogens is 186 g/mol. The third kappa shape index (κ3) is 1.61. The van der Waals surface area contributed by atoms with Gasteiger partial charge >= 0.3 is 0 Å². The molecule has 15 heavy (non-hydrogen) atoms. The van der Waals surface area contributed by atoms with E-state index in [-0.39, 0.29) is 0 Å². The third-order valence-corrected chi connectivity index (χ3v) is 2.56. The van der Waals surface area contributed by atoms with Gasteiger partial charge in [-0.25, -0.2) is 4.98 Å². The number of hydrogen-bond donors (Lipinski definition) is 1. The third-order valence-electron chi connectivity index (χ3n) is 2.56. The summed E-state index contributed by atoms with van der Waals surface area (Å²) in [6, 6.07) is 10.0. The lowest BCUT2D eigenvalue weighted by atomic mass is 10.1. The van der Waals surface area contributed by atoms with Gasteiger partial charge in [0.15, 0.2) is 0 Å². The number of hydrogen-bond acceptors (Lipinski definition) is 2. The Morgan fingerprint density at radius 3 is 2.47 bits per heavy atom. The molecule has 0 aliphatic carbocycles. The zero-order chi connectivity index (χ0) is 10.8. The van der Waals surface area contributed by atoms with Crippen LogP contribution in [0.4, 0.5) is 5.82 Å². The SMILES string of the molecule is CCn1c(C)nc(-c2ccccc2)c1N. The van der Waals surface area contributed by atoms with Gasteiger partial charge in [-0.2, -0.15) is 0 Å². The highest BCUT2D eigenvalue weighted by molar-refractivity contribution is 5.70. The van der Waals surface area contributed by atoms with Crippen molar-refractivity contribution in [1.82, 2.24) is 9.55 Å². The highest BCUT2D eigenvalue weighted by Crippen LogP contribution is 2.25. The summed E-state index contributed by atoms with van der Waals surface area (Å²) in [5, 5.41) is 0. The molecule has 2 aromatic rings. The Kier molecular flexibility index (Phi) is 2.46. The number of nitrogens with two attached hydrogens (primary N) is 1. The summed E-state index contributed by atoms with van der Waals surface area (Å²) in [6.45, 7) is 4.91. The Morgan fingerprint density at radius 1 is 1.27 bits per heavy atom. The quantitative estimate of drug-likeness (QED) is 0.811. The summed E-state index contributed by atoms with van der Waals surface area (Å²) >= 11 is 0. The lowest BCUT2D eigenvalue weighted by Crippen LogP contribution is -2.02. The van der Waals surface area contributed by atoms with E-state index in [0.717, 1.165) is 29.4 Å². The zero-order valence-electron chi connectivity index (χ0n) is 9.07. The molecule has 78 valence electrons. The Morgan fingerprint density at radius 2 is 1.93 bits per heavy atom. The molecular formula is C12H15N3. The van der Waals surface area contributed by atoms with E-state index in [0.29, 0.717) is 0 Å². The highest BCUT2D eigenvalue weighted by Gasteiger charge is 2.11. The van der Waals surface area contributed by atoms with E-state index < -0.39 is 0 Å². The summed E-state index contributed by atoms with van der Waals surface area (Å²) in [5.74, 6) is 1.72.